The predicted octanol–water partition coefficient (Wildman–Crippen LogP) is 2.92. The lowest BCUT2D eigenvalue weighted by molar-refractivity contribution is 0.0937. The molecule has 0 radical (unpaired) electrons. The van der Waals surface area contributed by atoms with Crippen LogP contribution in [-0.4, -0.2) is 31.2 Å². The van der Waals surface area contributed by atoms with E-state index in [1.807, 2.05) is 36.4 Å². The third-order valence-electron chi connectivity index (χ3n) is 3.45. The van der Waals surface area contributed by atoms with Crippen LogP contribution in [0.15, 0.2) is 42.5 Å². The first-order valence-electron chi connectivity index (χ1n) is 7.21. The van der Waals surface area contributed by atoms with Crippen molar-refractivity contribution in [2.24, 2.45) is 0 Å². The summed E-state index contributed by atoms with van der Waals surface area (Å²) in [4.78, 5) is 16.4. The number of thiazole rings is 1. The van der Waals surface area contributed by atoms with E-state index >= 15 is 0 Å². The van der Waals surface area contributed by atoms with Gasteiger partial charge in [0.1, 0.15) is 0 Å². The van der Waals surface area contributed by atoms with Gasteiger partial charge in [0, 0.05) is 19.2 Å². The summed E-state index contributed by atoms with van der Waals surface area (Å²) < 4.78 is 5.99. The summed E-state index contributed by atoms with van der Waals surface area (Å²) in [6, 6.07) is 13.5. The molecule has 0 aliphatic carbocycles. The van der Waals surface area contributed by atoms with Gasteiger partial charge in [-0.25, -0.2) is 4.98 Å². The van der Waals surface area contributed by atoms with Crippen LogP contribution in [0.1, 0.15) is 10.4 Å². The highest BCUT2D eigenvalue weighted by molar-refractivity contribution is 7.22. The SMILES string of the molecule is COCCNC(=O)c1cccc(-c2ccc3sc(N)nc3c2)c1. The molecule has 3 aromatic rings. The largest absolute Gasteiger partial charge is 0.383 e. The van der Waals surface area contributed by atoms with E-state index in [4.69, 9.17) is 10.5 Å². The summed E-state index contributed by atoms with van der Waals surface area (Å²) >= 11 is 1.47. The minimum atomic E-state index is -0.108. The maximum Gasteiger partial charge on any atom is 0.251 e. The second-order valence-corrected chi connectivity index (χ2v) is 6.13. The Bertz CT molecular complexity index is 845. The molecule has 6 heteroatoms. The number of ether oxygens (including phenoxy) is 1. The van der Waals surface area contributed by atoms with Crippen LogP contribution in [0.3, 0.4) is 0 Å². The second kappa shape index (κ2) is 6.76. The van der Waals surface area contributed by atoms with E-state index in [9.17, 15) is 4.79 Å². The maximum atomic E-state index is 12.1. The van der Waals surface area contributed by atoms with E-state index in [-0.39, 0.29) is 5.91 Å². The molecule has 1 amide bonds. The van der Waals surface area contributed by atoms with E-state index in [0.717, 1.165) is 21.3 Å². The van der Waals surface area contributed by atoms with Gasteiger partial charge in [0.25, 0.3) is 5.91 Å². The average Bonchev–Trinajstić information content (AvgIpc) is 2.94. The van der Waals surface area contributed by atoms with Gasteiger partial charge in [-0.1, -0.05) is 29.5 Å². The Labute approximate surface area is 138 Å². The van der Waals surface area contributed by atoms with Gasteiger partial charge in [-0.15, -0.1) is 0 Å². The van der Waals surface area contributed by atoms with E-state index < -0.39 is 0 Å². The standard InChI is InChI=1S/C17H17N3O2S/c1-22-8-7-19-16(21)13-4-2-3-11(9-13)12-5-6-15-14(10-12)20-17(18)23-15/h2-6,9-10H,7-8H2,1H3,(H2,18,20)(H,19,21). The lowest BCUT2D eigenvalue weighted by Crippen LogP contribution is -2.26. The number of carbonyl (C=O) groups is 1. The second-order valence-electron chi connectivity index (χ2n) is 5.06. The van der Waals surface area contributed by atoms with Gasteiger partial charge in [-0.2, -0.15) is 0 Å². The number of aromatic nitrogens is 1. The number of nitrogens with two attached hydrogens (primary N) is 1. The molecule has 0 bridgehead atoms. The number of benzene rings is 2. The van der Waals surface area contributed by atoms with Crippen molar-refractivity contribution in [3.05, 3.63) is 48.0 Å². The number of methoxy groups -OCH3 is 1. The van der Waals surface area contributed by atoms with Crippen molar-refractivity contribution < 1.29 is 9.53 Å². The molecular formula is C17H17N3O2S. The Balaban J connectivity index is 1.86. The zero-order valence-corrected chi connectivity index (χ0v) is 13.5. The molecule has 3 N–H and O–H groups in total. The lowest BCUT2D eigenvalue weighted by atomic mass is 10.0. The fourth-order valence-electron chi connectivity index (χ4n) is 2.33. The quantitative estimate of drug-likeness (QED) is 0.706. The van der Waals surface area contributed by atoms with E-state index in [0.29, 0.717) is 23.8 Å². The molecule has 0 saturated heterocycles. The number of fused-ring (bicyclic) bond motifs is 1. The summed E-state index contributed by atoms with van der Waals surface area (Å²) in [7, 11) is 1.61. The van der Waals surface area contributed by atoms with Crippen LogP contribution in [0.5, 0.6) is 0 Å². The van der Waals surface area contributed by atoms with Crippen molar-refractivity contribution in [3.63, 3.8) is 0 Å². The van der Waals surface area contributed by atoms with Crippen molar-refractivity contribution >= 4 is 32.6 Å². The molecule has 0 aliphatic rings. The van der Waals surface area contributed by atoms with E-state index in [1.165, 1.54) is 11.3 Å². The number of amides is 1. The first kappa shape index (κ1) is 15.5. The Morgan fingerprint density at radius 3 is 2.91 bits per heavy atom. The monoisotopic (exact) mass is 327 g/mol. The number of nitrogens with zero attached hydrogens (tertiary/aromatic N) is 1. The molecule has 5 nitrogen and oxygen atoms in total. The first-order valence-corrected chi connectivity index (χ1v) is 8.02. The van der Waals surface area contributed by atoms with E-state index in [1.54, 1.807) is 13.2 Å². The zero-order chi connectivity index (χ0) is 16.2. The summed E-state index contributed by atoms with van der Waals surface area (Å²) in [5.41, 5.74) is 9.22. The molecule has 1 heterocycles. The molecule has 1 aromatic heterocycles. The summed E-state index contributed by atoms with van der Waals surface area (Å²) in [6.45, 7) is 0.983. The Morgan fingerprint density at radius 2 is 2.09 bits per heavy atom. The van der Waals surface area contributed by atoms with Gasteiger partial charge in [0.2, 0.25) is 0 Å². The minimum Gasteiger partial charge on any atom is -0.383 e. The smallest absolute Gasteiger partial charge is 0.251 e. The fraction of sp³-hybridized carbons (Fsp3) is 0.176. The first-order chi connectivity index (χ1) is 11.2. The van der Waals surface area contributed by atoms with E-state index in [2.05, 4.69) is 10.3 Å². The van der Waals surface area contributed by atoms with Gasteiger partial charge in [0.05, 0.1) is 16.8 Å². The number of nitrogens with one attached hydrogen (secondary N) is 1. The van der Waals surface area contributed by atoms with Gasteiger partial charge < -0.3 is 15.8 Å². The fourth-order valence-corrected chi connectivity index (χ4v) is 3.05. The van der Waals surface area contributed by atoms with Crippen molar-refractivity contribution in [1.82, 2.24) is 10.3 Å². The highest BCUT2D eigenvalue weighted by Gasteiger charge is 2.08. The molecular weight excluding hydrogens is 310 g/mol. The molecule has 118 valence electrons. The number of hydrogen-bond acceptors (Lipinski definition) is 5. The molecule has 23 heavy (non-hydrogen) atoms. The molecule has 0 saturated carbocycles. The van der Waals surface area contributed by atoms with Crippen LogP contribution in [0, 0.1) is 0 Å². The number of rotatable bonds is 5. The lowest BCUT2D eigenvalue weighted by Gasteiger charge is -2.07. The van der Waals surface area contributed by atoms with Crippen molar-refractivity contribution in [1.29, 1.82) is 0 Å². The van der Waals surface area contributed by atoms with Crippen molar-refractivity contribution in [2.45, 2.75) is 0 Å². The Hall–Kier alpha value is -2.44. The van der Waals surface area contributed by atoms with Gasteiger partial charge in [-0.3, -0.25) is 4.79 Å². The molecule has 0 spiro atoms. The van der Waals surface area contributed by atoms with Crippen LogP contribution in [-0.2, 0) is 4.74 Å². The van der Waals surface area contributed by atoms with Gasteiger partial charge in [0.15, 0.2) is 5.13 Å². The highest BCUT2D eigenvalue weighted by atomic mass is 32.1. The highest BCUT2D eigenvalue weighted by Crippen LogP contribution is 2.29. The van der Waals surface area contributed by atoms with Crippen molar-refractivity contribution in [2.75, 3.05) is 26.0 Å². The molecule has 0 unspecified atom stereocenters. The molecule has 3 rings (SSSR count). The molecule has 0 aliphatic heterocycles. The summed E-state index contributed by atoms with van der Waals surface area (Å²) in [5.74, 6) is -0.108. The maximum absolute atomic E-state index is 12.1. The van der Waals surface area contributed by atoms with Crippen LogP contribution in [0.25, 0.3) is 21.3 Å². The average molecular weight is 327 g/mol. The molecule has 0 atom stereocenters. The van der Waals surface area contributed by atoms with Gasteiger partial charge in [-0.05, 0) is 35.4 Å². The number of anilines is 1. The summed E-state index contributed by atoms with van der Waals surface area (Å²) in [6.07, 6.45) is 0. The zero-order valence-electron chi connectivity index (χ0n) is 12.7. The minimum absolute atomic E-state index is 0.108. The van der Waals surface area contributed by atoms with Crippen LogP contribution < -0.4 is 11.1 Å². The third kappa shape index (κ3) is 3.49. The van der Waals surface area contributed by atoms with Crippen LogP contribution in [0.4, 0.5) is 5.13 Å². The molecule has 0 fully saturated rings. The number of carbonyl (C=O) groups excluding carboxylic acids is 1. The topological polar surface area (TPSA) is 77.2 Å². The predicted molar refractivity (Wildman–Crippen MR) is 93.7 cm³/mol. The summed E-state index contributed by atoms with van der Waals surface area (Å²) in [5, 5.41) is 3.38. The third-order valence-corrected chi connectivity index (χ3v) is 4.32. The Kier molecular flexibility index (Phi) is 4.55. The number of hydrogen-bond donors (Lipinski definition) is 2. The van der Waals surface area contributed by atoms with Crippen molar-refractivity contribution in [3.8, 4) is 11.1 Å². The van der Waals surface area contributed by atoms with Crippen LogP contribution >= 0.6 is 11.3 Å². The normalized spacial score (nSPS) is 10.8. The molecule has 2 aromatic carbocycles. The van der Waals surface area contributed by atoms with Gasteiger partial charge >= 0.3 is 0 Å². The van der Waals surface area contributed by atoms with Crippen LogP contribution in [0.2, 0.25) is 0 Å². The number of nitrogen functional groups attached to an aromatic ring is 1. The Morgan fingerprint density at radius 1 is 1.26 bits per heavy atom.